The van der Waals surface area contributed by atoms with Crippen LogP contribution in [-0.4, -0.2) is 15.5 Å². The average molecular weight is 398 g/mol. The summed E-state index contributed by atoms with van der Waals surface area (Å²) in [5.74, 6) is 0.354. The van der Waals surface area contributed by atoms with Crippen LogP contribution in [0.4, 0.5) is 0 Å². The van der Waals surface area contributed by atoms with Crippen LogP contribution in [0, 0.1) is 0 Å². The van der Waals surface area contributed by atoms with E-state index in [1.54, 1.807) is 12.4 Å². The van der Waals surface area contributed by atoms with E-state index in [0.29, 0.717) is 13.0 Å². The fraction of sp³-hybridized carbons (Fsp3) is 0.231. The molecule has 2 atom stereocenters. The molecule has 1 amide bonds. The van der Waals surface area contributed by atoms with Gasteiger partial charge in [-0.1, -0.05) is 55.5 Å². The van der Waals surface area contributed by atoms with Gasteiger partial charge in [0, 0.05) is 55.4 Å². The van der Waals surface area contributed by atoms with Crippen LogP contribution in [0.1, 0.15) is 41.9 Å². The Balaban J connectivity index is 1.62. The number of rotatable bonds is 7. The van der Waals surface area contributed by atoms with Crippen molar-refractivity contribution in [2.24, 2.45) is 7.05 Å². The lowest BCUT2D eigenvalue weighted by Crippen LogP contribution is -2.26. The van der Waals surface area contributed by atoms with Crippen LogP contribution in [0.2, 0.25) is 0 Å². The molecule has 2 aromatic carbocycles. The van der Waals surface area contributed by atoms with Gasteiger partial charge in [-0.05, 0) is 40.8 Å². The second-order valence-electron chi connectivity index (χ2n) is 7.85. The Labute approximate surface area is 177 Å². The first-order valence-corrected chi connectivity index (χ1v) is 10.4. The number of fused-ring (bicyclic) bond motifs is 1. The molecule has 0 bridgehead atoms. The molecule has 4 heteroatoms. The Bertz CT molecular complexity index is 1120. The molecule has 1 N–H and O–H groups in total. The molecule has 2 heterocycles. The Morgan fingerprint density at radius 3 is 2.47 bits per heavy atom. The smallest absolute Gasteiger partial charge is 0.220 e. The number of carbonyl (C=O) groups excluding carboxylic acids is 1. The molecule has 152 valence electrons. The van der Waals surface area contributed by atoms with Crippen LogP contribution < -0.4 is 5.32 Å². The summed E-state index contributed by atoms with van der Waals surface area (Å²) in [5, 5.41) is 4.30. The van der Waals surface area contributed by atoms with Gasteiger partial charge in [-0.25, -0.2) is 0 Å². The molecule has 0 aliphatic rings. The Kier molecular flexibility index (Phi) is 5.94. The summed E-state index contributed by atoms with van der Waals surface area (Å²) in [5.41, 5.74) is 4.71. The zero-order chi connectivity index (χ0) is 20.9. The lowest BCUT2D eigenvalue weighted by molar-refractivity contribution is -0.121. The van der Waals surface area contributed by atoms with Gasteiger partial charge in [0.25, 0.3) is 0 Å². The summed E-state index contributed by atoms with van der Waals surface area (Å²) in [4.78, 5) is 17.0. The molecule has 4 nitrogen and oxygen atoms in total. The van der Waals surface area contributed by atoms with Crippen molar-refractivity contribution in [1.82, 2.24) is 14.9 Å². The van der Waals surface area contributed by atoms with E-state index >= 15 is 0 Å². The van der Waals surface area contributed by atoms with E-state index in [1.165, 1.54) is 22.0 Å². The highest BCUT2D eigenvalue weighted by Gasteiger charge is 2.26. The predicted molar refractivity (Wildman–Crippen MR) is 121 cm³/mol. The lowest BCUT2D eigenvalue weighted by Gasteiger charge is -2.24. The maximum atomic E-state index is 12.9. The number of para-hydroxylation sites is 1. The van der Waals surface area contributed by atoms with Crippen molar-refractivity contribution in [3.05, 3.63) is 102 Å². The molecular formula is C26H27N3O. The minimum atomic E-state index is 0.0625. The quantitative estimate of drug-likeness (QED) is 0.468. The molecule has 0 aliphatic heterocycles. The van der Waals surface area contributed by atoms with E-state index in [9.17, 15) is 4.79 Å². The van der Waals surface area contributed by atoms with E-state index in [0.717, 1.165) is 5.56 Å². The van der Waals surface area contributed by atoms with Gasteiger partial charge in [-0.15, -0.1) is 0 Å². The third-order valence-electron chi connectivity index (χ3n) is 5.90. The van der Waals surface area contributed by atoms with Gasteiger partial charge in [0.05, 0.1) is 0 Å². The van der Waals surface area contributed by atoms with Crippen LogP contribution in [0.3, 0.4) is 0 Å². The number of hydrogen-bond acceptors (Lipinski definition) is 2. The second-order valence-corrected chi connectivity index (χ2v) is 7.85. The molecule has 2 aromatic heterocycles. The molecule has 30 heavy (non-hydrogen) atoms. The minimum Gasteiger partial charge on any atom is -0.352 e. The highest BCUT2D eigenvalue weighted by Crippen LogP contribution is 2.39. The highest BCUT2D eigenvalue weighted by atomic mass is 16.1. The second kappa shape index (κ2) is 8.95. The summed E-state index contributed by atoms with van der Waals surface area (Å²) in [6.45, 7) is 2.74. The largest absolute Gasteiger partial charge is 0.352 e. The third kappa shape index (κ3) is 4.28. The normalized spacial score (nSPS) is 13.1. The SMILES string of the molecule is C[C@H](c1ccccc1)[C@@H](CC(=O)NCc1ccncc1)c1cn(C)c2ccccc12. The van der Waals surface area contributed by atoms with Gasteiger partial charge < -0.3 is 9.88 Å². The minimum absolute atomic E-state index is 0.0625. The molecule has 0 unspecified atom stereocenters. The van der Waals surface area contributed by atoms with Gasteiger partial charge in [0.15, 0.2) is 0 Å². The van der Waals surface area contributed by atoms with Crippen LogP contribution in [0.15, 0.2) is 85.3 Å². The number of nitrogens with one attached hydrogen (secondary N) is 1. The summed E-state index contributed by atoms with van der Waals surface area (Å²) in [6.07, 6.45) is 6.12. The summed E-state index contributed by atoms with van der Waals surface area (Å²) in [7, 11) is 2.07. The number of pyridine rings is 1. The average Bonchev–Trinajstić information content (AvgIpc) is 3.13. The van der Waals surface area contributed by atoms with Gasteiger partial charge in [0.1, 0.15) is 0 Å². The van der Waals surface area contributed by atoms with Gasteiger partial charge >= 0.3 is 0 Å². The van der Waals surface area contributed by atoms with E-state index < -0.39 is 0 Å². The molecule has 0 saturated carbocycles. The first-order valence-electron chi connectivity index (χ1n) is 10.4. The number of aromatic nitrogens is 2. The zero-order valence-electron chi connectivity index (χ0n) is 17.5. The third-order valence-corrected chi connectivity index (χ3v) is 5.90. The fourth-order valence-electron chi connectivity index (χ4n) is 4.19. The van der Waals surface area contributed by atoms with Crippen molar-refractivity contribution in [3.63, 3.8) is 0 Å². The maximum Gasteiger partial charge on any atom is 0.220 e. The van der Waals surface area contributed by atoms with Crippen LogP contribution >= 0.6 is 0 Å². The lowest BCUT2D eigenvalue weighted by atomic mass is 9.80. The van der Waals surface area contributed by atoms with Crippen molar-refractivity contribution in [3.8, 4) is 0 Å². The maximum absolute atomic E-state index is 12.9. The summed E-state index contributed by atoms with van der Waals surface area (Å²) < 4.78 is 2.16. The molecule has 0 fully saturated rings. The van der Waals surface area contributed by atoms with Crippen molar-refractivity contribution < 1.29 is 4.79 Å². The van der Waals surface area contributed by atoms with E-state index in [-0.39, 0.29) is 17.7 Å². The molecular weight excluding hydrogens is 370 g/mol. The van der Waals surface area contributed by atoms with Gasteiger partial charge in [0.2, 0.25) is 5.91 Å². The number of amides is 1. The molecule has 0 aliphatic carbocycles. The van der Waals surface area contributed by atoms with Crippen molar-refractivity contribution in [2.45, 2.75) is 31.7 Å². The zero-order valence-corrected chi connectivity index (χ0v) is 17.5. The molecule has 0 saturated heterocycles. The predicted octanol–water partition coefficient (Wildman–Crippen LogP) is 5.17. The van der Waals surface area contributed by atoms with E-state index in [4.69, 9.17) is 0 Å². The van der Waals surface area contributed by atoms with Crippen LogP contribution in [-0.2, 0) is 18.4 Å². The number of carbonyl (C=O) groups is 1. The van der Waals surface area contributed by atoms with E-state index in [1.807, 2.05) is 18.2 Å². The number of benzene rings is 2. The van der Waals surface area contributed by atoms with Gasteiger partial charge in [-0.3, -0.25) is 9.78 Å². The monoisotopic (exact) mass is 397 g/mol. The molecule has 4 rings (SSSR count). The molecule has 4 aromatic rings. The van der Waals surface area contributed by atoms with Crippen molar-refractivity contribution in [1.29, 1.82) is 0 Å². The molecule has 0 radical (unpaired) electrons. The Morgan fingerprint density at radius 2 is 1.70 bits per heavy atom. The van der Waals surface area contributed by atoms with E-state index in [2.05, 4.69) is 83.6 Å². The van der Waals surface area contributed by atoms with Crippen molar-refractivity contribution >= 4 is 16.8 Å². The number of aryl methyl sites for hydroxylation is 1. The highest BCUT2D eigenvalue weighted by molar-refractivity contribution is 5.86. The topological polar surface area (TPSA) is 46.9 Å². The molecule has 0 spiro atoms. The Morgan fingerprint density at radius 1 is 1.00 bits per heavy atom. The first-order chi connectivity index (χ1) is 14.6. The Hall–Kier alpha value is -3.40. The fourth-order valence-corrected chi connectivity index (χ4v) is 4.19. The first kappa shape index (κ1) is 19.9. The van der Waals surface area contributed by atoms with Crippen LogP contribution in [0.5, 0.6) is 0 Å². The number of nitrogens with zero attached hydrogens (tertiary/aromatic N) is 2. The number of hydrogen-bond donors (Lipinski definition) is 1. The van der Waals surface area contributed by atoms with Crippen LogP contribution in [0.25, 0.3) is 10.9 Å². The van der Waals surface area contributed by atoms with Crippen molar-refractivity contribution in [2.75, 3.05) is 0 Å². The summed E-state index contributed by atoms with van der Waals surface area (Å²) in [6, 6.07) is 22.7. The standard InChI is InChI=1S/C26H27N3O/c1-19(21-8-4-3-5-9-21)23(16-26(30)28-17-20-12-14-27-15-13-20)24-18-29(2)25-11-7-6-10-22(24)25/h3-15,18-19,23H,16-17H2,1-2H3,(H,28,30)/t19-,23-/m1/s1. The summed E-state index contributed by atoms with van der Waals surface area (Å²) >= 11 is 0. The van der Waals surface area contributed by atoms with Gasteiger partial charge in [-0.2, -0.15) is 0 Å².